The Labute approximate surface area is 157 Å². The van der Waals surface area contributed by atoms with Crippen molar-refractivity contribution in [2.45, 2.75) is 25.0 Å². The van der Waals surface area contributed by atoms with Crippen molar-refractivity contribution in [3.63, 3.8) is 0 Å². The molecule has 0 saturated carbocycles. The van der Waals surface area contributed by atoms with Gasteiger partial charge in [0.15, 0.2) is 5.17 Å². The Balaban J connectivity index is 1.55. The van der Waals surface area contributed by atoms with Crippen LogP contribution in [0.15, 0.2) is 29.3 Å². The highest BCUT2D eigenvalue weighted by Gasteiger charge is 2.33. The number of carbonyl (C=O) groups excluding carboxylic acids is 2. The highest BCUT2D eigenvalue weighted by atomic mass is 32.2. The van der Waals surface area contributed by atoms with E-state index in [-0.39, 0.29) is 18.2 Å². The number of para-hydroxylation sites is 2. The molecule has 8 heteroatoms. The van der Waals surface area contributed by atoms with Crippen molar-refractivity contribution in [3.05, 3.63) is 24.3 Å². The summed E-state index contributed by atoms with van der Waals surface area (Å²) >= 11 is 1.36. The van der Waals surface area contributed by atoms with Gasteiger partial charge < -0.3 is 19.7 Å². The summed E-state index contributed by atoms with van der Waals surface area (Å²) in [6.45, 7) is 5.32. The first-order valence-corrected chi connectivity index (χ1v) is 9.69. The Morgan fingerprint density at radius 3 is 2.92 bits per heavy atom. The number of nitrogens with zero attached hydrogens (tertiary/aromatic N) is 2. The minimum Gasteiger partial charge on any atom is -0.491 e. The number of thioether (sulfide) groups is 1. The van der Waals surface area contributed by atoms with Gasteiger partial charge in [-0.2, -0.15) is 4.99 Å². The van der Waals surface area contributed by atoms with Crippen molar-refractivity contribution in [1.29, 1.82) is 0 Å². The van der Waals surface area contributed by atoms with E-state index >= 15 is 0 Å². The van der Waals surface area contributed by atoms with Crippen LogP contribution in [0.3, 0.4) is 0 Å². The quantitative estimate of drug-likeness (QED) is 0.818. The van der Waals surface area contributed by atoms with Crippen LogP contribution in [0.1, 0.15) is 19.8 Å². The molecule has 1 fully saturated rings. The smallest absolute Gasteiger partial charge is 0.262 e. The first-order chi connectivity index (χ1) is 12.7. The van der Waals surface area contributed by atoms with Gasteiger partial charge in [-0.1, -0.05) is 30.8 Å². The Morgan fingerprint density at radius 1 is 1.38 bits per heavy atom. The van der Waals surface area contributed by atoms with Gasteiger partial charge in [0.2, 0.25) is 5.91 Å². The van der Waals surface area contributed by atoms with E-state index in [1.807, 2.05) is 30.0 Å². The largest absolute Gasteiger partial charge is 0.491 e. The predicted octanol–water partition coefficient (Wildman–Crippen LogP) is 2.13. The van der Waals surface area contributed by atoms with Crippen molar-refractivity contribution in [1.82, 2.24) is 4.90 Å². The van der Waals surface area contributed by atoms with E-state index in [9.17, 15) is 9.59 Å². The summed E-state index contributed by atoms with van der Waals surface area (Å²) in [6, 6.07) is 7.31. The molecule has 7 nitrogen and oxygen atoms in total. The van der Waals surface area contributed by atoms with Crippen LogP contribution in [-0.4, -0.2) is 60.0 Å². The fourth-order valence-corrected chi connectivity index (χ4v) is 3.79. The highest BCUT2D eigenvalue weighted by Crippen LogP contribution is 2.29. The van der Waals surface area contributed by atoms with Gasteiger partial charge >= 0.3 is 0 Å². The Bertz CT molecular complexity index is 689. The van der Waals surface area contributed by atoms with Gasteiger partial charge in [0.25, 0.3) is 5.91 Å². The van der Waals surface area contributed by atoms with Crippen molar-refractivity contribution in [2.24, 2.45) is 4.99 Å². The number of morpholine rings is 1. The van der Waals surface area contributed by atoms with Gasteiger partial charge in [-0.15, -0.1) is 0 Å². The first-order valence-electron chi connectivity index (χ1n) is 8.81. The predicted molar refractivity (Wildman–Crippen MR) is 102 cm³/mol. The minimum atomic E-state index is -0.475. The van der Waals surface area contributed by atoms with E-state index in [1.165, 1.54) is 11.8 Å². The molecular weight excluding hydrogens is 354 g/mol. The van der Waals surface area contributed by atoms with Crippen LogP contribution < -0.4 is 10.1 Å². The number of aliphatic imine (C=N–C) groups is 1. The average molecular weight is 377 g/mol. The number of hydrogen-bond acceptors (Lipinski definition) is 6. The molecule has 3 rings (SSSR count). The lowest BCUT2D eigenvalue weighted by molar-refractivity contribution is -0.121. The summed E-state index contributed by atoms with van der Waals surface area (Å²) in [5.74, 6) is 0.169. The number of benzene rings is 1. The van der Waals surface area contributed by atoms with Crippen molar-refractivity contribution in [3.8, 4) is 5.75 Å². The van der Waals surface area contributed by atoms with E-state index in [2.05, 4.69) is 10.3 Å². The molecule has 2 heterocycles. The average Bonchev–Trinajstić information content (AvgIpc) is 3.02. The number of amides is 2. The third-order valence-electron chi connectivity index (χ3n) is 4.00. The van der Waals surface area contributed by atoms with Crippen LogP contribution in [0.2, 0.25) is 0 Å². The molecule has 1 atom stereocenters. The summed E-state index contributed by atoms with van der Waals surface area (Å²) < 4.78 is 11.0. The van der Waals surface area contributed by atoms with Crippen LogP contribution in [-0.2, 0) is 14.3 Å². The van der Waals surface area contributed by atoms with E-state index in [0.29, 0.717) is 36.4 Å². The molecule has 0 aromatic heterocycles. The molecule has 2 aliphatic heterocycles. The van der Waals surface area contributed by atoms with Crippen LogP contribution in [0.25, 0.3) is 0 Å². The van der Waals surface area contributed by atoms with Crippen molar-refractivity contribution >= 4 is 34.4 Å². The molecule has 1 saturated heterocycles. The number of hydrogen-bond donors (Lipinski definition) is 1. The fourth-order valence-electron chi connectivity index (χ4n) is 2.68. The lowest BCUT2D eigenvalue weighted by Crippen LogP contribution is -2.39. The van der Waals surface area contributed by atoms with Gasteiger partial charge in [-0.25, -0.2) is 0 Å². The molecule has 1 aromatic rings. The topological polar surface area (TPSA) is 80.2 Å². The van der Waals surface area contributed by atoms with Crippen molar-refractivity contribution in [2.75, 3.05) is 38.2 Å². The lowest BCUT2D eigenvalue weighted by atomic mass is 10.2. The number of rotatable bonds is 6. The molecule has 1 N–H and O–H groups in total. The monoisotopic (exact) mass is 377 g/mol. The second kappa shape index (κ2) is 9.05. The molecule has 2 aliphatic rings. The van der Waals surface area contributed by atoms with E-state index in [0.717, 1.165) is 19.5 Å². The highest BCUT2D eigenvalue weighted by molar-refractivity contribution is 8.15. The van der Waals surface area contributed by atoms with E-state index < -0.39 is 5.25 Å². The van der Waals surface area contributed by atoms with Gasteiger partial charge in [-0.05, 0) is 18.6 Å². The van der Waals surface area contributed by atoms with Crippen LogP contribution in [0, 0.1) is 0 Å². The number of amidine groups is 1. The maximum atomic E-state index is 12.4. The number of ether oxygens (including phenoxy) is 2. The summed E-state index contributed by atoms with van der Waals surface area (Å²) in [5.41, 5.74) is 0.621. The van der Waals surface area contributed by atoms with Crippen LogP contribution >= 0.6 is 11.8 Å². The maximum absolute atomic E-state index is 12.4. The van der Waals surface area contributed by atoms with Gasteiger partial charge in [0, 0.05) is 19.5 Å². The number of nitrogens with one attached hydrogen (secondary N) is 1. The van der Waals surface area contributed by atoms with E-state index in [4.69, 9.17) is 9.47 Å². The third kappa shape index (κ3) is 4.76. The number of anilines is 1. The zero-order valence-corrected chi connectivity index (χ0v) is 15.6. The summed E-state index contributed by atoms with van der Waals surface area (Å²) in [7, 11) is 0. The summed E-state index contributed by atoms with van der Waals surface area (Å²) in [6.07, 6.45) is 0.972. The van der Waals surface area contributed by atoms with Gasteiger partial charge in [-0.3, -0.25) is 9.59 Å². The molecule has 140 valence electrons. The van der Waals surface area contributed by atoms with Gasteiger partial charge in [0.1, 0.15) is 11.0 Å². The molecule has 0 bridgehead atoms. The molecule has 2 amide bonds. The molecule has 0 spiro atoms. The molecule has 0 aliphatic carbocycles. The van der Waals surface area contributed by atoms with Crippen LogP contribution in [0.5, 0.6) is 5.75 Å². The normalized spacial score (nSPS) is 20.0. The second-order valence-corrected chi connectivity index (χ2v) is 7.21. The molecule has 0 radical (unpaired) electrons. The standard InChI is InChI=1S/C18H23N3O4S/c1-2-9-25-14-6-4-3-5-13(14)19-16(22)12-15-17(23)20-18(26-15)21-7-10-24-11-8-21/h3-6,15H,2,7-12H2,1H3,(H,19,22)/t15-/m1/s1. The molecule has 1 aromatic carbocycles. The molecule has 0 unspecified atom stereocenters. The summed E-state index contributed by atoms with van der Waals surface area (Å²) in [5, 5.41) is 3.07. The molecule has 26 heavy (non-hydrogen) atoms. The zero-order chi connectivity index (χ0) is 18.4. The maximum Gasteiger partial charge on any atom is 0.262 e. The van der Waals surface area contributed by atoms with E-state index in [1.54, 1.807) is 6.07 Å². The Morgan fingerprint density at radius 2 is 2.15 bits per heavy atom. The Hall–Kier alpha value is -2.06. The molecular formula is C18H23N3O4S. The second-order valence-electron chi connectivity index (χ2n) is 6.04. The van der Waals surface area contributed by atoms with Crippen LogP contribution in [0.4, 0.5) is 5.69 Å². The fraction of sp³-hybridized carbons (Fsp3) is 0.500. The lowest BCUT2D eigenvalue weighted by Gasteiger charge is -2.27. The number of carbonyl (C=O) groups is 2. The summed E-state index contributed by atoms with van der Waals surface area (Å²) in [4.78, 5) is 30.7. The van der Waals surface area contributed by atoms with Crippen molar-refractivity contribution < 1.29 is 19.1 Å². The SMILES string of the molecule is CCCOc1ccccc1NC(=O)C[C@H]1SC(N2CCOCC2)=NC1=O. The Kier molecular flexibility index (Phi) is 6.51. The van der Waals surface area contributed by atoms with Gasteiger partial charge in [0.05, 0.1) is 25.5 Å². The third-order valence-corrected chi connectivity index (χ3v) is 5.22. The zero-order valence-electron chi connectivity index (χ0n) is 14.8. The minimum absolute atomic E-state index is 0.0863. The first kappa shape index (κ1) is 18.7.